The maximum atomic E-state index is 5.91. The Balaban J connectivity index is 0.000000260. The number of hydrogen-bond donors (Lipinski definition) is 1. The van der Waals surface area contributed by atoms with Crippen LogP contribution in [-0.2, 0) is 0 Å². The van der Waals surface area contributed by atoms with Crippen LogP contribution in [0.4, 0.5) is 5.69 Å². The third kappa shape index (κ3) is 5.79. The standard InChI is InChI=1S/C11H16BrN3S2.C6H4/c1-15(11(13)14-17-7-6-12)9-4-3-5-10(8-9)16-2;1-2-5-4-6(5)3-1/h3-5,8H,6-7H2,1-2H3,(H2,13,14);1-4H. The molecule has 0 fully saturated rings. The first kappa shape index (κ1) is 18.2. The molecule has 0 unspecified atom stereocenters. The number of thioether (sulfide) groups is 1. The molecule has 1 aromatic rings. The van der Waals surface area contributed by atoms with Crippen molar-refractivity contribution >= 4 is 51.3 Å². The van der Waals surface area contributed by atoms with Gasteiger partial charge in [0.05, 0.1) is 0 Å². The van der Waals surface area contributed by atoms with Crippen LogP contribution in [0.25, 0.3) is 11.1 Å². The van der Waals surface area contributed by atoms with Crippen LogP contribution in [0.3, 0.4) is 0 Å². The van der Waals surface area contributed by atoms with Crippen LogP contribution in [0.1, 0.15) is 0 Å². The zero-order valence-corrected chi connectivity index (χ0v) is 16.4. The molecule has 0 aromatic heterocycles. The van der Waals surface area contributed by atoms with Crippen LogP contribution in [-0.4, -0.2) is 30.3 Å². The summed E-state index contributed by atoms with van der Waals surface area (Å²) in [6.45, 7) is 0. The average Bonchev–Trinajstić information content (AvgIpc) is 3.20. The molecule has 3 rings (SSSR count). The van der Waals surface area contributed by atoms with E-state index in [0.29, 0.717) is 5.96 Å². The maximum absolute atomic E-state index is 5.91. The normalized spacial score (nSPS) is 11.5. The van der Waals surface area contributed by atoms with Gasteiger partial charge >= 0.3 is 0 Å². The molecule has 0 atom stereocenters. The number of hydrogen-bond acceptors (Lipinski definition) is 3. The Morgan fingerprint density at radius 2 is 1.87 bits per heavy atom. The van der Waals surface area contributed by atoms with Crippen LogP contribution < -0.4 is 10.6 Å². The second kappa shape index (κ2) is 9.25. The molecule has 3 nitrogen and oxygen atoms in total. The number of alkyl halides is 1. The van der Waals surface area contributed by atoms with E-state index in [4.69, 9.17) is 5.73 Å². The SMILES string of the molecule is CSc1cccc(N(C)C(N)=NSCCBr)c1.c1cc2cc-2c1. The van der Waals surface area contributed by atoms with Gasteiger partial charge in [0, 0.05) is 28.7 Å². The van der Waals surface area contributed by atoms with Crippen molar-refractivity contribution in [1.82, 2.24) is 0 Å². The molecule has 1 aromatic carbocycles. The molecule has 0 aliphatic heterocycles. The number of benzene rings is 2. The summed E-state index contributed by atoms with van der Waals surface area (Å²) in [6, 6.07) is 16.7. The number of rotatable bonds is 5. The highest BCUT2D eigenvalue weighted by Gasteiger charge is 2.07. The lowest BCUT2D eigenvalue weighted by Gasteiger charge is -2.18. The van der Waals surface area contributed by atoms with Crippen molar-refractivity contribution in [2.45, 2.75) is 4.90 Å². The van der Waals surface area contributed by atoms with Gasteiger partial charge in [0.25, 0.3) is 0 Å². The predicted molar refractivity (Wildman–Crippen MR) is 110 cm³/mol. The average molecular weight is 410 g/mol. The lowest BCUT2D eigenvalue weighted by Crippen LogP contribution is -2.33. The minimum Gasteiger partial charge on any atom is -0.369 e. The fourth-order valence-electron chi connectivity index (χ4n) is 1.83. The number of fused-ring (bicyclic) bond motifs is 1. The van der Waals surface area contributed by atoms with Crippen LogP contribution in [0, 0.1) is 0 Å². The van der Waals surface area contributed by atoms with Crippen molar-refractivity contribution in [3.8, 4) is 11.1 Å². The molecule has 0 spiro atoms. The van der Waals surface area contributed by atoms with E-state index in [2.05, 4.69) is 63.0 Å². The topological polar surface area (TPSA) is 41.6 Å². The summed E-state index contributed by atoms with van der Waals surface area (Å²) < 4.78 is 4.25. The van der Waals surface area contributed by atoms with E-state index < -0.39 is 0 Å². The molecule has 0 radical (unpaired) electrons. The van der Waals surface area contributed by atoms with Gasteiger partial charge in [-0.2, -0.15) is 4.40 Å². The fraction of sp³-hybridized carbons (Fsp3) is 0.235. The van der Waals surface area contributed by atoms with Crippen LogP contribution >= 0.6 is 39.6 Å². The van der Waals surface area contributed by atoms with E-state index in [1.807, 2.05) is 24.1 Å². The number of nitrogens with zero attached hydrogens (tertiary/aromatic N) is 2. The summed E-state index contributed by atoms with van der Waals surface area (Å²) in [6.07, 6.45) is 2.06. The highest BCUT2D eigenvalue weighted by Crippen LogP contribution is 2.32. The Bertz CT molecular complexity index is 659. The monoisotopic (exact) mass is 409 g/mol. The largest absolute Gasteiger partial charge is 0.369 e. The van der Waals surface area contributed by atoms with Crippen molar-refractivity contribution in [2.75, 3.05) is 29.3 Å². The van der Waals surface area contributed by atoms with E-state index in [-0.39, 0.29) is 0 Å². The van der Waals surface area contributed by atoms with Gasteiger partial charge in [-0.3, -0.25) is 0 Å². The van der Waals surface area contributed by atoms with Crippen molar-refractivity contribution in [1.29, 1.82) is 0 Å². The third-order valence-corrected chi connectivity index (χ3v) is 5.57. The van der Waals surface area contributed by atoms with Crippen LogP contribution in [0.5, 0.6) is 0 Å². The first-order valence-corrected chi connectivity index (χ1v) is 10.4. The molecule has 6 heteroatoms. The Labute approximate surface area is 155 Å². The van der Waals surface area contributed by atoms with Gasteiger partial charge in [0.2, 0.25) is 5.96 Å². The second-order valence-electron chi connectivity index (χ2n) is 4.81. The number of nitrogens with two attached hydrogens (primary N) is 1. The zero-order valence-electron chi connectivity index (χ0n) is 13.2. The van der Waals surface area contributed by atoms with Gasteiger partial charge in [-0.05, 0) is 53.6 Å². The van der Waals surface area contributed by atoms with Gasteiger partial charge in [0.15, 0.2) is 0 Å². The summed E-state index contributed by atoms with van der Waals surface area (Å²) in [4.78, 5) is 3.11. The van der Waals surface area contributed by atoms with E-state index in [9.17, 15) is 0 Å². The quantitative estimate of drug-likeness (QED) is 0.163. The molecular formula is C17H20BrN3S2. The molecule has 0 amide bonds. The summed E-state index contributed by atoms with van der Waals surface area (Å²) in [5.74, 6) is 1.44. The Kier molecular flexibility index (Phi) is 7.33. The van der Waals surface area contributed by atoms with Gasteiger partial charge in [-0.1, -0.05) is 40.2 Å². The predicted octanol–water partition coefficient (Wildman–Crippen LogP) is 4.87. The number of halogens is 1. The first-order chi connectivity index (χ1) is 11.2. The van der Waals surface area contributed by atoms with Gasteiger partial charge < -0.3 is 10.6 Å². The fourth-order valence-corrected chi connectivity index (χ4v) is 3.14. The van der Waals surface area contributed by atoms with Gasteiger partial charge in [-0.25, -0.2) is 0 Å². The van der Waals surface area contributed by atoms with E-state index >= 15 is 0 Å². The lowest BCUT2D eigenvalue weighted by molar-refractivity contribution is 1.22. The lowest BCUT2D eigenvalue weighted by atomic mass is 10.3. The van der Waals surface area contributed by atoms with Crippen molar-refractivity contribution < 1.29 is 0 Å². The summed E-state index contributed by atoms with van der Waals surface area (Å²) in [7, 11) is 1.92. The molecule has 2 aliphatic rings. The van der Waals surface area contributed by atoms with E-state index in [1.54, 1.807) is 11.8 Å². The van der Waals surface area contributed by atoms with Gasteiger partial charge in [-0.15, -0.1) is 11.8 Å². The van der Waals surface area contributed by atoms with Crippen LogP contribution in [0.15, 0.2) is 57.8 Å². The van der Waals surface area contributed by atoms with Crippen molar-refractivity contribution in [2.24, 2.45) is 10.1 Å². The maximum Gasteiger partial charge on any atom is 0.207 e. The summed E-state index contributed by atoms with van der Waals surface area (Å²) >= 11 is 6.53. The molecule has 2 aliphatic carbocycles. The molecule has 0 saturated heterocycles. The highest BCUT2D eigenvalue weighted by atomic mass is 79.9. The summed E-state index contributed by atoms with van der Waals surface area (Å²) in [5, 5.41) is 0.917. The summed E-state index contributed by atoms with van der Waals surface area (Å²) in [5.41, 5.74) is 9.82. The van der Waals surface area contributed by atoms with Crippen molar-refractivity contribution in [3.05, 3.63) is 48.5 Å². The second-order valence-corrected chi connectivity index (χ2v) is 7.33. The minimum atomic E-state index is 0.522. The smallest absolute Gasteiger partial charge is 0.207 e. The molecular weight excluding hydrogens is 390 g/mol. The van der Waals surface area contributed by atoms with E-state index in [0.717, 1.165) is 16.8 Å². The minimum absolute atomic E-state index is 0.522. The van der Waals surface area contributed by atoms with Crippen LogP contribution in [0.2, 0.25) is 0 Å². The highest BCUT2D eigenvalue weighted by molar-refractivity contribution is 9.09. The molecule has 23 heavy (non-hydrogen) atoms. The van der Waals surface area contributed by atoms with E-state index in [1.165, 1.54) is 28.0 Å². The Hall–Kier alpha value is -1.11. The number of anilines is 1. The Morgan fingerprint density at radius 3 is 2.39 bits per heavy atom. The Morgan fingerprint density at radius 1 is 1.17 bits per heavy atom. The molecule has 0 bridgehead atoms. The molecule has 0 heterocycles. The number of guanidine groups is 1. The van der Waals surface area contributed by atoms with Gasteiger partial charge in [0.1, 0.15) is 0 Å². The third-order valence-electron chi connectivity index (χ3n) is 3.22. The molecule has 0 saturated carbocycles. The van der Waals surface area contributed by atoms with Crippen molar-refractivity contribution in [3.63, 3.8) is 0 Å². The zero-order chi connectivity index (χ0) is 16.7. The first-order valence-electron chi connectivity index (χ1n) is 7.15. The molecule has 122 valence electrons. The molecule has 2 N–H and O–H groups in total.